The molecule has 3 nitrogen and oxygen atoms in total. The SMILES string of the molecule is CCOc1ccc(C2(N)CCCC(CC)C2)cc1OCC. The van der Waals surface area contributed by atoms with E-state index >= 15 is 0 Å². The lowest BCUT2D eigenvalue weighted by molar-refractivity contribution is 0.220. The summed E-state index contributed by atoms with van der Waals surface area (Å²) in [6, 6.07) is 6.21. The van der Waals surface area contributed by atoms with Gasteiger partial charge in [-0.2, -0.15) is 0 Å². The molecule has 0 aliphatic heterocycles. The maximum atomic E-state index is 6.74. The average Bonchev–Trinajstić information content (AvgIpc) is 2.49. The van der Waals surface area contributed by atoms with Crippen LogP contribution in [-0.4, -0.2) is 13.2 Å². The van der Waals surface area contributed by atoms with Crippen molar-refractivity contribution < 1.29 is 9.47 Å². The van der Waals surface area contributed by atoms with Crippen molar-refractivity contribution in [3.63, 3.8) is 0 Å². The Morgan fingerprint density at radius 3 is 2.52 bits per heavy atom. The van der Waals surface area contributed by atoms with Gasteiger partial charge in [-0.1, -0.05) is 32.3 Å². The average molecular weight is 291 g/mol. The first-order chi connectivity index (χ1) is 10.1. The van der Waals surface area contributed by atoms with E-state index in [9.17, 15) is 0 Å². The Morgan fingerprint density at radius 1 is 1.14 bits per heavy atom. The highest BCUT2D eigenvalue weighted by Crippen LogP contribution is 2.41. The minimum atomic E-state index is -0.213. The van der Waals surface area contributed by atoms with E-state index in [-0.39, 0.29) is 5.54 Å². The molecule has 1 aliphatic carbocycles. The molecule has 21 heavy (non-hydrogen) atoms. The second-order valence-corrected chi connectivity index (χ2v) is 6.05. The minimum absolute atomic E-state index is 0.213. The van der Waals surface area contributed by atoms with Crippen molar-refractivity contribution in [2.45, 2.75) is 58.4 Å². The molecule has 1 aromatic carbocycles. The van der Waals surface area contributed by atoms with Crippen LogP contribution in [0.2, 0.25) is 0 Å². The predicted molar refractivity (Wildman–Crippen MR) is 86.9 cm³/mol. The van der Waals surface area contributed by atoms with Gasteiger partial charge in [0.15, 0.2) is 11.5 Å². The lowest BCUT2D eigenvalue weighted by Crippen LogP contribution is -2.41. The second-order valence-electron chi connectivity index (χ2n) is 6.05. The molecule has 2 rings (SSSR count). The molecule has 118 valence electrons. The standard InChI is InChI=1S/C18H29NO2/c1-4-14-8-7-11-18(19,13-14)15-9-10-16(20-5-2)17(12-15)21-6-3/h9-10,12,14H,4-8,11,13,19H2,1-3H3. The van der Waals surface area contributed by atoms with E-state index in [0.29, 0.717) is 13.2 Å². The first-order valence-electron chi connectivity index (χ1n) is 8.32. The van der Waals surface area contributed by atoms with Crippen molar-refractivity contribution in [1.82, 2.24) is 0 Å². The third-order valence-corrected chi connectivity index (χ3v) is 4.58. The molecule has 0 bridgehead atoms. The normalized spacial score (nSPS) is 25.6. The molecule has 1 aromatic rings. The Labute approximate surface area is 128 Å². The molecule has 0 spiro atoms. The van der Waals surface area contributed by atoms with Crippen molar-refractivity contribution in [2.75, 3.05) is 13.2 Å². The first kappa shape index (κ1) is 16.2. The highest BCUT2D eigenvalue weighted by molar-refractivity contribution is 5.45. The van der Waals surface area contributed by atoms with E-state index in [1.54, 1.807) is 0 Å². The van der Waals surface area contributed by atoms with E-state index in [2.05, 4.69) is 19.1 Å². The summed E-state index contributed by atoms with van der Waals surface area (Å²) in [5.41, 5.74) is 7.71. The summed E-state index contributed by atoms with van der Waals surface area (Å²) in [5, 5.41) is 0. The smallest absolute Gasteiger partial charge is 0.161 e. The summed E-state index contributed by atoms with van der Waals surface area (Å²) in [7, 11) is 0. The molecule has 1 fully saturated rings. The van der Waals surface area contributed by atoms with Crippen molar-refractivity contribution >= 4 is 0 Å². The van der Waals surface area contributed by atoms with Gasteiger partial charge in [0.05, 0.1) is 13.2 Å². The minimum Gasteiger partial charge on any atom is -0.490 e. The van der Waals surface area contributed by atoms with Gasteiger partial charge in [0.1, 0.15) is 0 Å². The summed E-state index contributed by atoms with van der Waals surface area (Å²) in [4.78, 5) is 0. The molecular formula is C18H29NO2. The van der Waals surface area contributed by atoms with Gasteiger partial charge < -0.3 is 15.2 Å². The summed E-state index contributed by atoms with van der Waals surface area (Å²) in [6.07, 6.45) is 5.87. The van der Waals surface area contributed by atoms with E-state index in [1.165, 1.54) is 24.8 Å². The van der Waals surface area contributed by atoms with Gasteiger partial charge in [-0.3, -0.25) is 0 Å². The van der Waals surface area contributed by atoms with Gasteiger partial charge in [-0.15, -0.1) is 0 Å². The topological polar surface area (TPSA) is 44.5 Å². The van der Waals surface area contributed by atoms with Crippen LogP contribution in [0.1, 0.15) is 58.4 Å². The highest BCUT2D eigenvalue weighted by Gasteiger charge is 2.34. The molecule has 2 N–H and O–H groups in total. The van der Waals surface area contributed by atoms with Gasteiger partial charge in [-0.05, 0) is 50.3 Å². The lowest BCUT2D eigenvalue weighted by Gasteiger charge is -2.38. The Hall–Kier alpha value is -1.22. The van der Waals surface area contributed by atoms with E-state index in [0.717, 1.165) is 30.3 Å². The Morgan fingerprint density at radius 2 is 1.86 bits per heavy atom. The molecule has 1 saturated carbocycles. The number of benzene rings is 1. The number of hydrogen-bond donors (Lipinski definition) is 1. The molecule has 0 amide bonds. The molecule has 0 saturated heterocycles. The molecular weight excluding hydrogens is 262 g/mol. The van der Waals surface area contributed by atoms with Crippen LogP contribution in [0.15, 0.2) is 18.2 Å². The molecule has 2 unspecified atom stereocenters. The predicted octanol–water partition coefficient (Wildman–Crippen LogP) is 4.24. The maximum absolute atomic E-state index is 6.74. The Bertz CT molecular complexity index is 461. The van der Waals surface area contributed by atoms with Crippen LogP contribution in [-0.2, 0) is 5.54 Å². The van der Waals surface area contributed by atoms with E-state index in [1.807, 2.05) is 19.9 Å². The zero-order valence-corrected chi connectivity index (χ0v) is 13.7. The van der Waals surface area contributed by atoms with Crippen molar-refractivity contribution in [1.29, 1.82) is 0 Å². The number of nitrogens with two attached hydrogens (primary N) is 1. The number of hydrogen-bond acceptors (Lipinski definition) is 3. The van der Waals surface area contributed by atoms with Crippen LogP contribution < -0.4 is 15.2 Å². The summed E-state index contributed by atoms with van der Waals surface area (Å²) < 4.78 is 11.4. The van der Waals surface area contributed by atoms with Crippen LogP contribution in [0.4, 0.5) is 0 Å². The largest absolute Gasteiger partial charge is 0.490 e. The highest BCUT2D eigenvalue weighted by atomic mass is 16.5. The zero-order valence-electron chi connectivity index (χ0n) is 13.7. The van der Waals surface area contributed by atoms with Gasteiger partial charge >= 0.3 is 0 Å². The van der Waals surface area contributed by atoms with Crippen LogP contribution >= 0.6 is 0 Å². The van der Waals surface area contributed by atoms with Gasteiger partial charge in [-0.25, -0.2) is 0 Å². The Kier molecular flexibility index (Phi) is 5.51. The molecule has 1 aliphatic rings. The first-order valence-corrected chi connectivity index (χ1v) is 8.32. The third kappa shape index (κ3) is 3.70. The van der Waals surface area contributed by atoms with Crippen LogP contribution in [0.25, 0.3) is 0 Å². The Balaban J connectivity index is 2.28. The fourth-order valence-corrected chi connectivity index (χ4v) is 3.40. The molecule has 0 aromatic heterocycles. The van der Waals surface area contributed by atoms with Crippen molar-refractivity contribution in [3.05, 3.63) is 23.8 Å². The van der Waals surface area contributed by atoms with Gasteiger partial charge in [0.25, 0.3) is 0 Å². The zero-order chi connectivity index (χ0) is 15.3. The maximum Gasteiger partial charge on any atom is 0.161 e. The molecule has 0 radical (unpaired) electrons. The number of rotatable bonds is 6. The van der Waals surface area contributed by atoms with Crippen LogP contribution in [0, 0.1) is 5.92 Å². The van der Waals surface area contributed by atoms with E-state index in [4.69, 9.17) is 15.2 Å². The van der Waals surface area contributed by atoms with Gasteiger partial charge in [0, 0.05) is 5.54 Å². The fraction of sp³-hybridized carbons (Fsp3) is 0.667. The summed E-state index contributed by atoms with van der Waals surface area (Å²) in [5.74, 6) is 2.38. The quantitative estimate of drug-likeness (QED) is 0.852. The van der Waals surface area contributed by atoms with E-state index < -0.39 is 0 Å². The summed E-state index contributed by atoms with van der Waals surface area (Å²) in [6.45, 7) is 7.53. The lowest BCUT2D eigenvalue weighted by atomic mass is 9.72. The van der Waals surface area contributed by atoms with Crippen LogP contribution in [0.5, 0.6) is 11.5 Å². The summed E-state index contributed by atoms with van der Waals surface area (Å²) >= 11 is 0. The molecule has 2 atom stereocenters. The monoisotopic (exact) mass is 291 g/mol. The number of ether oxygens (including phenoxy) is 2. The molecule has 3 heteroatoms. The van der Waals surface area contributed by atoms with Crippen molar-refractivity contribution in [3.8, 4) is 11.5 Å². The van der Waals surface area contributed by atoms with Gasteiger partial charge in [0.2, 0.25) is 0 Å². The third-order valence-electron chi connectivity index (χ3n) is 4.58. The second kappa shape index (κ2) is 7.17. The van der Waals surface area contributed by atoms with Crippen molar-refractivity contribution in [2.24, 2.45) is 11.7 Å². The molecule has 0 heterocycles. The fourth-order valence-electron chi connectivity index (χ4n) is 3.40. The van der Waals surface area contributed by atoms with Crippen LogP contribution in [0.3, 0.4) is 0 Å².